The summed E-state index contributed by atoms with van der Waals surface area (Å²) in [6.45, 7) is 7.92. The summed E-state index contributed by atoms with van der Waals surface area (Å²) in [5, 5.41) is 8.88. The van der Waals surface area contributed by atoms with Crippen molar-refractivity contribution in [3.05, 3.63) is 34.6 Å². The summed E-state index contributed by atoms with van der Waals surface area (Å²) in [5.74, 6) is 1.43. The van der Waals surface area contributed by atoms with Crippen molar-refractivity contribution in [2.24, 2.45) is 0 Å². The van der Waals surface area contributed by atoms with Crippen molar-refractivity contribution in [1.29, 1.82) is 0 Å². The average molecular weight is 324 g/mol. The van der Waals surface area contributed by atoms with Crippen LogP contribution in [0.2, 0.25) is 5.02 Å². The van der Waals surface area contributed by atoms with E-state index in [0.717, 1.165) is 36.4 Å². The molecule has 5 nitrogen and oxygen atoms in total. The summed E-state index contributed by atoms with van der Waals surface area (Å²) in [6.07, 6.45) is 3.54. The van der Waals surface area contributed by atoms with Gasteiger partial charge in [0.25, 0.3) is 0 Å². The zero-order valence-electron chi connectivity index (χ0n) is 13.3. The van der Waals surface area contributed by atoms with E-state index in [1.165, 1.54) is 0 Å². The van der Waals surface area contributed by atoms with Crippen molar-refractivity contribution in [3.8, 4) is 11.5 Å². The molecule has 22 heavy (non-hydrogen) atoms. The quantitative estimate of drug-likeness (QED) is 0.745. The SMILES string of the molecule is CCOc1cc(Cl)c(CCc2cn(CC)nn2)cc1OCC. The number of aryl methyl sites for hydroxylation is 3. The minimum absolute atomic E-state index is 0.579. The lowest BCUT2D eigenvalue weighted by Gasteiger charge is -2.13. The number of aromatic nitrogens is 3. The molecule has 1 heterocycles. The summed E-state index contributed by atoms with van der Waals surface area (Å²) < 4.78 is 13.0. The molecule has 1 aromatic carbocycles. The Labute approximate surface area is 136 Å². The maximum Gasteiger partial charge on any atom is 0.162 e. The van der Waals surface area contributed by atoms with Crippen molar-refractivity contribution in [2.45, 2.75) is 40.2 Å². The van der Waals surface area contributed by atoms with E-state index < -0.39 is 0 Å². The third-order valence-corrected chi connectivity index (χ3v) is 3.62. The first-order valence-electron chi connectivity index (χ1n) is 7.64. The van der Waals surface area contributed by atoms with Crippen LogP contribution in [0.4, 0.5) is 0 Å². The fraction of sp³-hybridized carbons (Fsp3) is 0.500. The second-order valence-corrected chi connectivity index (χ2v) is 5.23. The van der Waals surface area contributed by atoms with Gasteiger partial charge in [-0.2, -0.15) is 0 Å². The van der Waals surface area contributed by atoms with Gasteiger partial charge in [0.2, 0.25) is 0 Å². The summed E-state index contributed by atoms with van der Waals surface area (Å²) >= 11 is 6.36. The van der Waals surface area contributed by atoms with Crippen LogP contribution in [0.25, 0.3) is 0 Å². The Hall–Kier alpha value is -1.75. The number of hydrogen-bond donors (Lipinski definition) is 0. The van der Waals surface area contributed by atoms with Crippen LogP contribution in [-0.4, -0.2) is 28.2 Å². The predicted octanol–water partition coefficient (Wildman–Crippen LogP) is 3.53. The molecule has 0 aliphatic heterocycles. The number of ether oxygens (including phenoxy) is 2. The lowest BCUT2D eigenvalue weighted by molar-refractivity contribution is 0.287. The fourth-order valence-electron chi connectivity index (χ4n) is 2.18. The second-order valence-electron chi connectivity index (χ2n) is 4.82. The van der Waals surface area contributed by atoms with Gasteiger partial charge in [-0.15, -0.1) is 5.10 Å². The normalized spacial score (nSPS) is 10.7. The van der Waals surface area contributed by atoms with Crippen molar-refractivity contribution >= 4 is 11.6 Å². The molecule has 0 bridgehead atoms. The second kappa shape index (κ2) is 8.03. The molecule has 0 aliphatic rings. The first-order valence-corrected chi connectivity index (χ1v) is 8.02. The topological polar surface area (TPSA) is 49.2 Å². The van der Waals surface area contributed by atoms with E-state index in [9.17, 15) is 0 Å². The lowest BCUT2D eigenvalue weighted by Crippen LogP contribution is -2.01. The highest BCUT2D eigenvalue weighted by Crippen LogP contribution is 2.34. The first-order chi connectivity index (χ1) is 10.7. The van der Waals surface area contributed by atoms with E-state index in [-0.39, 0.29) is 0 Å². The summed E-state index contributed by atoms with van der Waals surface area (Å²) in [6, 6.07) is 3.79. The largest absolute Gasteiger partial charge is 0.490 e. The molecule has 0 fully saturated rings. The van der Waals surface area contributed by atoms with Gasteiger partial charge < -0.3 is 9.47 Å². The van der Waals surface area contributed by atoms with Gasteiger partial charge in [0.15, 0.2) is 11.5 Å². The maximum absolute atomic E-state index is 6.36. The van der Waals surface area contributed by atoms with Gasteiger partial charge in [0.1, 0.15) is 0 Å². The van der Waals surface area contributed by atoms with E-state index in [1.54, 1.807) is 0 Å². The van der Waals surface area contributed by atoms with Crippen LogP contribution in [0.5, 0.6) is 11.5 Å². The van der Waals surface area contributed by atoms with Gasteiger partial charge in [0, 0.05) is 23.8 Å². The number of nitrogens with zero attached hydrogens (tertiary/aromatic N) is 3. The summed E-state index contributed by atoms with van der Waals surface area (Å²) in [7, 11) is 0. The highest BCUT2D eigenvalue weighted by molar-refractivity contribution is 6.31. The molecule has 0 radical (unpaired) electrons. The van der Waals surface area contributed by atoms with Crippen LogP contribution >= 0.6 is 11.6 Å². The van der Waals surface area contributed by atoms with Crippen molar-refractivity contribution < 1.29 is 9.47 Å². The third-order valence-electron chi connectivity index (χ3n) is 3.27. The molecule has 2 rings (SSSR count). The first kappa shape index (κ1) is 16.6. The standard InChI is InChI=1S/C16H22ClN3O2/c1-4-20-11-13(18-19-20)8-7-12-9-15(21-5-2)16(22-6-3)10-14(12)17/h9-11H,4-8H2,1-3H3. The highest BCUT2D eigenvalue weighted by Gasteiger charge is 2.11. The average Bonchev–Trinajstić information content (AvgIpc) is 2.97. The van der Waals surface area contributed by atoms with Crippen LogP contribution < -0.4 is 9.47 Å². The summed E-state index contributed by atoms with van der Waals surface area (Å²) in [4.78, 5) is 0. The smallest absolute Gasteiger partial charge is 0.162 e. The van der Waals surface area contributed by atoms with E-state index in [4.69, 9.17) is 21.1 Å². The minimum Gasteiger partial charge on any atom is -0.490 e. The molecule has 0 aliphatic carbocycles. The van der Waals surface area contributed by atoms with Crippen LogP contribution in [0, 0.1) is 0 Å². The molecule has 0 unspecified atom stereocenters. The Balaban J connectivity index is 2.13. The Bertz CT molecular complexity index is 613. The van der Waals surface area contributed by atoms with Crippen molar-refractivity contribution in [3.63, 3.8) is 0 Å². The molecule has 0 atom stereocenters. The molecule has 0 amide bonds. The van der Waals surface area contributed by atoms with Crippen molar-refractivity contribution in [2.75, 3.05) is 13.2 Å². The van der Waals surface area contributed by atoms with Crippen LogP contribution in [0.3, 0.4) is 0 Å². The van der Waals surface area contributed by atoms with E-state index in [2.05, 4.69) is 10.3 Å². The van der Waals surface area contributed by atoms with Gasteiger partial charge in [-0.3, -0.25) is 4.68 Å². The Morgan fingerprint density at radius 1 is 1.05 bits per heavy atom. The molecule has 0 N–H and O–H groups in total. The van der Waals surface area contributed by atoms with Crippen LogP contribution in [-0.2, 0) is 19.4 Å². The highest BCUT2D eigenvalue weighted by atomic mass is 35.5. The van der Waals surface area contributed by atoms with Gasteiger partial charge in [-0.25, -0.2) is 0 Å². The van der Waals surface area contributed by atoms with E-state index >= 15 is 0 Å². The molecule has 6 heteroatoms. The molecule has 1 aromatic heterocycles. The summed E-state index contributed by atoms with van der Waals surface area (Å²) in [5.41, 5.74) is 1.99. The molecule has 2 aromatic rings. The molecular formula is C16H22ClN3O2. The molecule has 0 saturated carbocycles. The van der Waals surface area contributed by atoms with Crippen molar-refractivity contribution in [1.82, 2.24) is 15.0 Å². The fourth-order valence-corrected chi connectivity index (χ4v) is 2.42. The molecule has 0 saturated heterocycles. The molecular weight excluding hydrogens is 302 g/mol. The third kappa shape index (κ3) is 4.13. The minimum atomic E-state index is 0.579. The van der Waals surface area contributed by atoms with E-state index in [0.29, 0.717) is 24.0 Å². The maximum atomic E-state index is 6.36. The zero-order valence-corrected chi connectivity index (χ0v) is 14.1. The Morgan fingerprint density at radius 2 is 1.73 bits per heavy atom. The lowest BCUT2D eigenvalue weighted by atomic mass is 10.1. The number of halogens is 1. The van der Waals surface area contributed by atoms with Gasteiger partial charge in [-0.05, 0) is 45.2 Å². The zero-order chi connectivity index (χ0) is 15.9. The number of rotatable bonds is 8. The van der Waals surface area contributed by atoms with Crippen LogP contribution in [0.1, 0.15) is 32.0 Å². The predicted molar refractivity (Wildman–Crippen MR) is 86.9 cm³/mol. The number of benzene rings is 1. The monoisotopic (exact) mass is 323 g/mol. The van der Waals surface area contributed by atoms with E-state index in [1.807, 2.05) is 43.8 Å². The Morgan fingerprint density at radius 3 is 2.32 bits per heavy atom. The van der Waals surface area contributed by atoms with Gasteiger partial charge in [0.05, 0.1) is 18.9 Å². The Kier molecular flexibility index (Phi) is 6.07. The number of hydrogen-bond acceptors (Lipinski definition) is 4. The van der Waals surface area contributed by atoms with Gasteiger partial charge in [-0.1, -0.05) is 16.8 Å². The molecule has 0 spiro atoms. The van der Waals surface area contributed by atoms with Crippen LogP contribution in [0.15, 0.2) is 18.3 Å². The van der Waals surface area contributed by atoms with Gasteiger partial charge >= 0.3 is 0 Å². The molecule has 120 valence electrons.